The van der Waals surface area contributed by atoms with Gasteiger partial charge in [-0.1, -0.05) is 75.3 Å². The van der Waals surface area contributed by atoms with Gasteiger partial charge in [0.1, 0.15) is 12.3 Å². The van der Waals surface area contributed by atoms with Crippen LogP contribution in [0.15, 0.2) is 78.9 Å². The molecule has 2 aliphatic rings. The quantitative estimate of drug-likeness (QED) is 0.0391. The fourth-order valence-corrected chi connectivity index (χ4v) is 7.44. The number of allylic oxidation sites excluding steroid dienone is 1. The third-order valence-electron chi connectivity index (χ3n) is 10.1. The Morgan fingerprint density at radius 3 is 2.34 bits per heavy atom. The zero-order valence-electron chi connectivity index (χ0n) is 28.3. The molecule has 1 aliphatic carbocycles. The number of carbonyl (C=O) groups is 1. The number of rotatable bonds is 16. The molecule has 1 fully saturated rings. The van der Waals surface area contributed by atoms with E-state index in [0.717, 1.165) is 60.9 Å². The fourth-order valence-electron chi connectivity index (χ4n) is 7.44. The molecule has 0 amide bonds. The first-order chi connectivity index (χ1) is 22.8. The van der Waals surface area contributed by atoms with E-state index >= 15 is 0 Å². The van der Waals surface area contributed by atoms with Gasteiger partial charge in [0.2, 0.25) is 5.69 Å². The van der Waals surface area contributed by atoms with Gasteiger partial charge in [0.05, 0.1) is 16.8 Å². The van der Waals surface area contributed by atoms with Gasteiger partial charge < -0.3 is 9.64 Å². The monoisotopic (exact) mass is 636 g/mol. The normalized spacial score (nSPS) is 17.8. The van der Waals surface area contributed by atoms with Crippen LogP contribution in [0.3, 0.4) is 0 Å². The van der Waals surface area contributed by atoms with Crippen LogP contribution in [0.2, 0.25) is 0 Å². The lowest BCUT2D eigenvalue weighted by Crippen LogP contribution is -2.35. The molecule has 3 aromatic rings. The Bertz CT molecular complexity index is 1570. The average molecular weight is 637 g/mol. The second-order valence-corrected chi connectivity index (χ2v) is 13.2. The Kier molecular flexibility index (Phi) is 11.6. The van der Waals surface area contributed by atoms with Crippen molar-refractivity contribution in [2.45, 2.75) is 90.4 Å². The number of para-hydroxylation sites is 1. The molecule has 0 N–H and O–H groups in total. The van der Waals surface area contributed by atoms with Crippen molar-refractivity contribution < 1.29 is 19.0 Å². The van der Waals surface area contributed by atoms with Crippen LogP contribution in [0.1, 0.15) is 96.1 Å². The van der Waals surface area contributed by atoms with Crippen LogP contribution in [0.4, 0.5) is 17.1 Å². The second kappa shape index (κ2) is 16.0. The minimum Gasteiger partial charge on any atom is -0.426 e. The van der Waals surface area contributed by atoms with Crippen molar-refractivity contribution >= 4 is 34.8 Å². The van der Waals surface area contributed by atoms with Gasteiger partial charge >= 0.3 is 5.97 Å². The molecule has 0 saturated heterocycles. The van der Waals surface area contributed by atoms with Gasteiger partial charge in [-0.25, -0.2) is 0 Å². The number of fused-ring (bicyclic) bond motifs is 1. The van der Waals surface area contributed by atoms with E-state index in [4.69, 9.17) is 4.74 Å². The summed E-state index contributed by atoms with van der Waals surface area (Å²) in [6.45, 7) is 9.00. The summed E-state index contributed by atoms with van der Waals surface area (Å²) in [6, 6.07) is 22.7. The number of hydrogen-bond acceptors (Lipinski definition) is 5. The van der Waals surface area contributed by atoms with E-state index in [-0.39, 0.29) is 23.0 Å². The number of esters is 1. The molecule has 1 saturated carbocycles. The number of benzene rings is 3. The number of ether oxygens (including phenoxy) is 1. The maximum atomic E-state index is 13.5. The molecule has 7 nitrogen and oxygen atoms in total. The number of unbranched alkanes of at least 4 members (excludes halogenated alkanes) is 3. The number of nitrogens with zero attached hydrogens (tertiary/aromatic N) is 3. The third-order valence-corrected chi connectivity index (χ3v) is 10.1. The predicted molar refractivity (Wildman–Crippen MR) is 191 cm³/mol. The Balaban J connectivity index is 1.45. The van der Waals surface area contributed by atoms with E-state index < -0.39 is 5.41 Å². The summed E-state index contributed by atoms with van der Waals surface area (Å²) in [7, 11) is 0. The first-order valence-corrected chi connectivity index (χ1v) is 17.5. The molecule has 248 valence electrons. The van der Waals surface area contributed by atoms with Crippen LogP contribution in [0.25, 0.3) is 6.08 Å². The largest absolute Gasteiger partial charge is 0.426 e. The van der Waals surface area contributed by atoms with Crippen LogP contribution in [0, 0.1) is 16.0 Å². The van der Waals surface area contributed by atoms with Crippen molar-refractivity contribution in [3.8, 4) is 5.75 Å². The zero-order valence-corrected chi connectivity index (χ0v) is 28.3. The van der Waals surface area contributed by atoms with Gasteiger partial charge in [-0.2, -0.15) is 4.58 Å². The van der Waals surface area contributed by atoms with E-state index in [9.17, 15) is 14.9 Å². The van der Waals surface area contributed by atoms with Gasteiger partial charge in [-0.15, -0.1) is 0 Å². The van der Waals surface area contributed by atoms with Crippen LogP contribution >= 0.6 is 0 Å². The molecule has 47 heavy (non-hydrogen) atoms. The van der Waals surface area contributed by atoms with Gasteiger partial charge in [0.15, 0.2) is 5.71 Å². The Morgan fingerprint density at radius 2 is 1.66 bits per heavy atom. The summed E-state index contributed by atoms with van der Waals surface area (Å²) in [4.78, 5) is 27.4. The molecule has 1 heterocycles. The molecule has 0 bridgehead atoms. The summed E-state index contributed by atoms with van der Waals surface area (Å²) < 4.78 is 8.06. The summed E-state index contributed by atoms with van der Waals surface area (Å²) in [5, 5.41) is 11.9. The predicted octanol–water partition coefficient (Wildman–Crippen LogP) is 9.65. The number of non-ortho nitro benzene ring substituents is 1. The van der Waals surface area contributed by atoms with Crippen LogP contribution in [-0.2, 0) is 10.2 Å². The molecule has 5 rings (SSSR count). The summed E-state index contributed by atoms with van der Waals surface area (Å²) in [5.74, 6) is 1.02. The molecular weight excluding hydrogens is 586 g/mol. The maximum absolute atomic E-state index is 13.5. The standard InChI is InChI=1S/C40H50N3O4/c1-4-41(5-2)33-23-20-32(21-24-33)22-27-38-40(3,30-39(44)47-35-18-10-8-11-19-35)36-29-34(43(45)46)25-26-37(36)42(38)28-14-7-6-9-15-31-16-12-13-17-31/h8,10-11,18-27,29,31H,4-7,9,12-17,28,30H2,1-3H3/q+1. The Morgan fingerprint density at radius 1 is 0.957 bits per heavy atom. The highest BCUT2D eigenvalue weighted by molar-refractivity contribution is 6.07. The highest BCUT2D eigenvalue weighted by Gasteiger charge is 2.50. The van der Waals surface area contributed by atoms with Crippen molar-refractivity contribution in [2.75, 3.05) is 24.5 Å². The van der Waals surface area contributed by atoms with Gasteiger partial charge in [-0.3, -0.25) is 14.9 Å². The fraction of sp³-hybridized carbons (Fsp3) is 0.450. The number of nitro benzene ring substituents is 1. The molecule has 1 atom stereocenters. The average Bonchev–Trinajstić information content (AvgIpc) is 3.67. The van der Waals surface area contributed by atoms with Gasteiger partial charge in [0.25, 0.3) is 5.69 Å². The first-order valence-electron chi connectivity index (χ1n) is 17.5. The van der Waals surface area contributed by atoms with Crippen LogP contribution in [0.5, 0.6) is 5.75 Å². The molecule has 3 aromatic carbocycles. The highest BCUT2D eigenvalue weighted by Crippen LogP contribution is 2.45. The number of carbonyl (C=O) groups excluding carboxylic acids is 1. The summed E-state index contributed by atoms with van der Waals surface area (Å²) in [5.41, 5.74) is 4.10. The van der Waals surface area contributed by atoms with Crippen LogP contribution in [-0.4, -0.2) is 40.8 Å². The Hall–Kier alpha value is -4.26. The smallest absolute Gasteiger partial charge is 0.312 e. The topological polar surface area (TPSA) is 75.7 Å². The number of anilines is 1. The molecule has 7 heteroatoms. The molecule has 1 aliphatic heterocycles. The van der Waals surface area contributed by atoms with Gasteiger partial charge in [0, 0.05) is 55.0 Å². The van der Waals surface area contributed by atoms with Crippen molar-refractivity contribution in [3.05, 3.63) is 100 Å². The van der Waals surface area contributed by atoms with E-state index in [2.05, 4.69) is 59.7 Å². The van der Waals surface area contributed by atoms with Crippen molar-refractivity contribution in [3.63, 3.8) is 0 Å². The van der Waals surface area contributed by atoms with Crippen molar-refractivity contribution in [1.29, 1.82) is 0 Å². The summed E-state index contributed by atoms with van der Waals surface area (Å²) in [6.07, 6.45) is 15.8. The third kappa shape index (κ3) is 8.37. The summed E-state index contributed by atoms with van der Waals surface area (Å²) >= 11 is 0. The maximum Gasteiger partial charge on any atom is 0.312 e. The van der Waals surface area contributed by atoms with Gasteiger partial charge in [-0.05, 0) is 69.0 Å². The first kappa shape index (κ1) is 34.1. The molecule has 0 aromatic heterocycles. The van der Waals surface area contributed by atoms with E-state index in [1.807, 2.05) is 31.2 Å². The minimum absolute atomic E-state index is 0.0236. The van der Waals surface area contributed by atoms with Crippen LogP contribution < -0.4 is 9.64 Å². The number of nitro groups is 1. The van der Waals surface area contributed by atoms with Crippen molar-refractivity contribution in [2.24, 2.45) is 5.92 Å². The molecule has 1 unspecified atom stereocenters. The molecule has 0 radical (unpaired) electrons. The lowest BCUT2D eigenvalue weighted by Gasteiger charge is -2.21. The Labute approximate surface area is 280 Å². The number of hydrogen-bond donors (Lipinski definition) is 0. The SMILES string of the molecule is CCN(CC)c1ccc(C=CC2=[N+](CCCCCCC3CCCC3)c3ccc([N+](=O)[O-])cc3C2(C)CC(=O)Oc2ccccc2)cc1. The highest BCUT2D eigenvalue weighted by atomic mass is 16.6. The van der Waals surface area contributed by atoms with E-state index in [1.54, 1.807) is 24.3 Å². The van der Waals surface area contributed by atoms with E-state index in [0.29, 0.717) is 5.75 Å². The lowest BCUT2D eigenvalue weighted by molar-refractivity contribution is -0.438. The second-order valence-electron chi connectivity index (χ2n) is 13.2. The molecule has 0 spiro atoms. The minimum atomic E-state index is -0.826. The zero-order chi connectivity index (χ0) is 33.2. The molecular formula is C40H50N3O4+. The lowest BCUT2D eigenvalue weighted by atomic mass is 9.76. The van der Waals surface area contributed by atoms with Crippen molar-refractivity contribution in [1.82, 2.24) is 0 Å². The van der Waals surface area contributed by atoms with E-state index in [1.165, 1.54) is 50.6 Å².